The molecule has 6 nitrogen and oxygen atoms in total. The van der Waals surface area contributed by atoms with Gasteiger partial charge in [-0.25, -0.2) is 12.8 Å². The molecule has 0 aliphatic heterocycles. The third-order valence-electron chi connectivity index (χ3n) is 5.21. The van der Waals surface area contributed by atoms with Crippen molar-refractivity contribution in [3.05, 3.63) is 95.3 Å². The molecule has 0 aromatic heterocycles. The fourth-order valence-corrected chi connectivity index (χ4v) is 5.00. The molecule has 0 aliphatic rings. The summed E-state index contributed by atoms with van der Waals surface area (Å²) in [5.41, 5.74) is 1.95. The Kier molecular flexibility index (Phi) is 8.19. The number of ether oxygens (including phenoxy) is 1. The molecular weight excluding hydrogens is 443 g/mol. The van der Waals surface area contributed by atoms with Crippen molar-refractivity contribution in [1.29, 1.82) is 0 Å². The van der Waals surface area contributed by atoms with E-state index in [-0.39, 0.29) is 35.1 Å². The summed E-state index contributed by atoms with van der Waals surface area (Å²) in [6.45, 7) is 2.55. The number of amides is 1. The van der Waals surface area contributed by atoms with E-state index in [4.69, 9.17) is 4.74 Å². The van der Waals surface area contributed by atoms with Crippen molar-refractivity contribution < 1.29 is 22.3 Å². The highest BCUT2D eigenvalue weighted by molar-refractivity contribution is 7.89. The Hall–Kier alpha value is -3.23. The number of methoxy groups -OCH3 is 1. The molecule has 3 aromatic rings. The first-order valence-electron chi connectivity index (χ1n) is 10.6. The quantitative estimate of drug-likeness (QED) is 0.486. The molecule has 1 N–H and O–H groups in total. The lowest BCUT2D eigenvalue weighted by molar-refractivity contribution is 0.0954. The van der Waals surface area contributed by atoms with Crippen LogP contribution >= 0.6 is 0 Å². The van der Waals surface area contributed by atoms with Crippen LogP contribution in [0.25, 0.3) is 0 Å². The van der Waals surface area contributed by atoms with Crippen LogP contribution in [0.1, 0.15) is 28.4 Å². The number of nitrogens with zero attached hydrogens (tertiary/aromatic N) is 1. The molecule has 0 aliphatic carbocycles. The highest BCUT2D eigenvalue weighted by Crippen LogP contribution is 2.29. The van der Waals surface area contributed by atoms with Gasteiger partial charge in [-0.3, -0.25) is 4.79 Å². The fourth-order valence-electron chi connectivity index (χ4n) is 3.39. The Morgan fingerprint density at radius 3 is 2.33 bits per heavy atom. The average molecular weight is 471 g/mol. The van der Waals surface area contributed by atoms with Gasteiger partial charge in [-0.2, -0.15) is 4.31 Å². The summed E-state index contributed by atoms with van der Waals surface area (Å²) in [7, 11) is -2.53. The van der Waals surface area contributed by atoms with E-state index in [2.05, 4.69) is 5.32 Å². The highest BCUT2D eigenvalue weighted by Gasteiger charge is 2.28. The van der Waals surface area contributed by atoms with Crippen molar-refractivity contribution in [2.75, 3.05) is 20.2 Å². The van der Waals surface area contributed by atoms with E-state index in [0.717, 1.165) is 11.1 Å². The van der Waals surface area contributed by atoms with Crippen LogP contribution < -0.4 is 10.1 Å². The average Bonchev–Trinajstić information content (AvgIpc) is 2.83. The van der Waals surface area contributed by atoms with Gasteiger partial charge in [-0.15, -0.1) is 0 Å². The van der Waals surface area contributed by atoms with Gasteiger partial charge in [-0.1, -0.05) is 49.4 Å². The van der Waals surface area contributed by atoms with E-state index in [9.17, 15) is 17.6 Å². The number of carbonyl (C=O) groups is 1. The van der Waals surface area contributed by atoms with Crippen LogP contribution in [0.2, 0.25) is 0 Å². The second-order valence-corrected chi connectivity index (χ2v) is 9.32. The zero-order valence-corrected chi connectivity index (χ0v) is 19.4. The Labute approximate surface area is 194 Å². The lowest BCUT2D eigenvalue weighted by atomic mass is 10.1. The second-order valence-electron chi connectivity index (χ2n) is 7.41. The number of nitrogens with one attached hydrogen (secondary N) is 1. The van der Waals surface area contributed by atoms with Crippen molar-refractivity contribution in [3.8, 4) is 5.75 Å². The molecule has 174 valence electrons. The molecular formula is C25H27FN2O4S. The van der Waals surface area contributed by atoms with Crippen molar-refractivity contribution in [2.24, 2.45) is 0 Å². The third kappa shape index (κ3) is 6.18. The lowest BCUT2D eigenvalue weighted by Gasteiger charge is -2.22. The van der Waals surface area contributed by atoms with Crippen molar-refractivity contribution in [2.45, 2.75) is 24.8 Å². The molecule has 0 atom stereocenters. The first-order chi connectivity index (χ1) is 15.8. The van der Waals surface area contributed by atoms with Crippen molar-refractivity contribution in [3.63, 3.8) is 0 Å². The van der Waals surface area contributed by atoms with Crippen LogP contribution in [-0.4, -0.2) is 38.8 Å². The maximum atomic E-state index is 13.4. The molecule has 0 saturated carbocycles. The molecule has 0 saturated heterocycles. The maximum Gasteiger partial charge on any atom is 0.251 e. The SMILES string of the molecule is CCN(Cc1ccccc1)S(=O)(=O)c1cc(C(=O)NCCc2ccc(F)cc2)ccc1OC. The first kappa shape index (κ1) is 24.4. The summed E-state index contributed by atoms with van der Waals surface area (Å²) in [5.74, 6) is -0.546. The van der Waals surface area contributed by atoms with Crippen molar-refractivity contribution in [1.82, 2.24) is 9.62 Å². The number of sulfonamides is 1. The molecule has 0 bridgehead atoms. The largest absolute Gasteiger partial charge is 0.495 e. The van der Waals surface area contributed by atoms with E-state index in [1.54, 1.807) is 19.1 Å². The summed E-state index contributed by atoms with van der Waals surface area (Å²) in [6, 6.07) is 19.7. The molecule has 0 fully saturated rings. The zero-order valence-electron chi connectivity index (χ0n) is 18.6. The number of carbonyl (C=O) groups excluding carboxylic acids is 1. The maximum absolute atomic E-state index is 13.4. The van der Waals surface area contributed by atoms with Gasteiger partial charge in [0.1, 0.15) is 16.5 Å². The van der Waals surface area contributed by atoms with Gasteiger partial charge in [0, 0.05) is 25.2 Å². The minimum atomic E-state index is -3.92. The highest BCUT2D eigenvalue weighted by atomic mass is 32.2. The van der Waals surface area contributed by atoms with Crippen LogP contribution in [0.4, 0.5) is 4.39 Å². The molecule has 0 unspecified atom stereocenters. The molecule has 0 radical (unpaired) electrons. The number of hydrogen-bond acceptors (Lipinski definition) is 4. The smallest absolute Gasteiger partial charge is 0.251 e. The monoisotopic (exact) mass is 470 g/mol. The van der Waals surface area contributed by atoms with E-state index >= 15 is 0 Å². The van der Waals surface area contributed by atoms with Gasteiger partial charge in [0.25, 0.3) is 5.91 Å². The van der Waals surface area contributed by atoms with Crippen LogP contribution in [-0.2, 0) is 23.0 Å². The Balaban J connectivity index is 1.78. The minimum Gasteiger partial charge on any atom is -0.495 e. The standard InChI is InChI=1S/C25H27FN2O4S/c1-3-28(18-20-7-5-4-6-8-20)33(30,31)24-17-21(11-14-23(24)32-2)25(29)27-16-15-19-9-12-22(26)13-10-19/h4-14,17H,3,15-16,18H2,1-2H3,(H,27,29). The van der Waals surface area contributed by atoms with Crippen LogP contribution in [0.5, 0.6) is 5.75 Å². The molecule has 0 heterocycles. The van der Waals surface area contributed by atoms with Crippen LogP contribution in [0.15, 0.2) is 77.7 Å². The van der Waals surface area contributed by atoms with E-state index < -0.39 is 15.9 Å². The van der Waals surface area contributed by atoms with Crippen molar-refractivity contribution >= 4 is 15.9 Å². The summed E-state index contributed by atoms with van der Waals surface area (Å²) < 4.78 is 46.5. The molecule has 8 heteroatoms. The van der Waals surface area contributed by atoms with Gasteiger partial charge in [0.05, 0.1) is 7.11 Å². The summed E-state index contributed by atoms with van der Waals surface area (Å²) in [6.07, 6.45) is 0.522. The third-order valence-corrected chi connectivity index (χ3v) is 7.15. The van der Waals surface area contributed by atoms with Gasteiger partial charge in [-0.05, 0) is 47.9 Å². The van der Waals surface area contributed by atoms with Gasteiger partial charge in [0.2, 0.25) is 10.0 Å². The summed E-state index contributed by atoms with van der Waals surface area (Å²) in [5, 5.41) is 2.78. The molecule has 1 amide bonds. The topological polar surface area (TPSA) is 75.7 Å². The molecule has 33 heavy (non-hydrogen) atoms. The summed E-state index contributed by atoms with van der Waals surface area (Å²) in [4.78, 5) is 12.6. The number of benzene rings is 3. The van der Waals surface area contributed by atoms with Crippen LogP contribution in [0, 0.1) is 5.82 Å². The number of hydrogen-bond donors (Lipinski definition) is 1. The Morgan fingerprint density at radius 1 is 1.00 bits per heavy atom. The first-order valence-corrected chi connectivity index (χ1v) is 12.0. The normalized spacial score (nSPS) is 11.4. The molecule has 3 rings (SSSR count). The predicted molar refractivity (Wildman–Crippen MR) is 125 cm³/mol. The van der Waals surface area contributed by atoms with Gasteiger partial charge >= 0.3 is 0 Å². The van der Waals surface area contributed by atoms with Gasteiger partial charge in [0.15, 0.2) is 0 Å². The zero-order chi connectivity index (χ0) is 23.8. The number of halogens is 1. The van der Waals surface area contributed by atoms with E-state index in [1.807, 2.05) is 30.3 Å². The second kappa shape index (κ2) is 11.1. The van der Waals surface area contributed by atoms with E-state index in [1.165, 1.54) is 41.7 Å². The molecule has 3 aromatic carbocycles. The lowest BCUT2D eigenvalue weighted by Crippen LogP contribution is -2.31. The predicted octanol–water partition coefficient (Wildman–Crippen LogP) is 4.02. The Morgan fingerprint density at radius 2 is 1.70 bits per heavy atom. The van der Waals surface area contributed by atoms with Crippen LogP contribution in [0.3, 0.4) is 0 Å². The number of rotatable bonds is 10. The molecule has 0 spiro atoms. The van der Waals surface area contributed by atoms with Gasteiger partial charge < -0.3 is 10.1 Å². The fraction of sp³-hybridized carbons (Fsp3) is 0.240. The minimum absolute atomic E-state index is 0.0611. The van der Waals surface area contributed by atoms with E-state index in [0.29, 0.717) is 13.0 Å². The Bertz CT molecular complexity index is 1180. The summed E-state index contributed by atoms with van der Waals surface area (Å²) >= 11 is 0.